The molecule has 0 radical (unpaired) electrons. The second kappa shape index (κ2) is 9.85. The summed E-state index contributed by atoms with van der Waals surface area (Å²) in [5.74, 6) is 0.538. The molecule has 1 aliphatic heterocycles. The lowest BCUT2D eigenvalue weighted by Crippen LogP contribution is -2.40. The Bertz CT molecular complexity index is 1010. The molecule has 0 bridgehead atoms. The van der Waals surface area contributed by atoms with Crippen molar-refractivity contribution in [1.82, 2.24) is 5.32 Å². The smallest absolute Gasteiger partial charge is 0.325 e. The van der Waals surface area contributed by atoms with Gasteiger partial charge in [0.1, 0.15) is 12.6 Å². The number of carbonyl (C=O) groups is 2. The van der Waals surface area contributed by atoms with E-state index in [1.165, 1.54) is 20.0 Å². The second-order valence-electron chi connectivity index (χ2n) is 8.04. The topological polar surface area (TPSA) is 86.2 Å². The molecule has 32 heavy (non-hydrogen) atoms. The van der Waals surface area contributed by atoms with Crippen LogP contribution < -0.4 is 14.8 Å². The van der Waals surface area contributed by atoms with Crippen molar-refractivity contribution in [3.05, 3.63) is 59.2 Å². The second-order valence-corrected chi connectivity index (χ2v) is 8.04. The summed E-state index contributed by atoms with van der Waals surface area (Å²) in [6, 6.07) is 13.0. The molecule has 7 nitrogen and oxygen atoms in total. The number of hydrogen-bond acceptors (Lipinski definition) is 6. The minimum Gasteiger partial charge on any atom is -0.493 e. The van der Waals surface area contributed by atoms with Crippen molar-refractivity contribution in [3.63, 3.8) is 0 Å². The van der Waals surface area contributed by atoms with Crippen molar-refractivity contribution in [2.75, 3.05) is 20.8 Å². The van der Waals surface area contributed by atoms with E-state index >= 15 is 0 Å². The van der Waals surface area contributed by atoms with E-state index < -0.39 is 12.0 Å². The average Bonchev–Trinajstić information content (AvgIpc) is 3.34. The third-order valence-corrected chi connectivity index (χ3v) is 5.92. The summed E-state index contributed by atoms with van der Waals surface area (Å²) in [7, 11) is 2.92. The Hall–Kier alpha value is -3.35. The van der Waals surface area contributed by atoms with Gasteiger partial charge in [0.2, 0.25) is 5.91 Å². The summed E-state index contributed by atoms with van der Waals surface area (Å²) in [4.78, 5) is 29.0. The highest BCUT2D eigenvalue weighted by molar-refractivity contribution is 6.15. The highest BCUT2D eigenvalue weighted by Gasteiger charge is 2.29. The summed E-state index contributed by atoms with van der Waals surface area (Å²) >= 11 is 0. The lowest BCUT2D eigenvalue weighted by molar-refractivity contribution is -0.141. The summed E-state index contributed by atoms with van der Waals surface area (Å²) < 4.78 is 16.5. The van der Waals surface area contributed by atoms with Gasteiger partial charge in [0.05, 0.1) is 26.0 Å². The number of methoxy groups -OCH3 is 2. The number of carbonyl (C=O) groups excluding carboxylic acids is 2. The van der Waals surface area contributed by atoms with Gasteiger partial charge in [-0.25, -0.2) is 0 Å². The van der Waals surface area contributed by atoms with E-state index in [0.29, 0.717) is 17.9 Å². The molecule has 0 aromatic heterocycles. The van der Waals surface area contributed by atoms with Crippen LogP contribution in [0.1, 0.15) is 42.4 Å². The van der Waals surface area contributed by atoms with Crippen molar-refractivity contribution in [2.24, 2.45) is 4.99 Å². The maximum atomic E-state index is 12.8. The third kappa shape index (κ3) is 4.77. The molecule has 4 rings (SSSR count). The quantitative estimate of drug-likeness (QED) is 0.674. The Morgan fingerprint density at radius 3 is 2.50 bits per heavy atom. The molecule has 2 aliphatic rings. The highest BCUT2D eigenvalue weighted by Crippen LogP contribution is 2.37. The van der Waals surface area contributed by atoms with E-state index in [1.54, 1.807) is 7.11 Å². The molecule has 1 saturated carbocycles. The first-order chi connectivity index (χ1) is 15.6. The Balaban J connectivity index is 1.69. The van der Waals surface area contributed by atoms with Gasteiger partial charge in [-0.05, 0) is 43.4 Å². The predicted molar refractivity (Wildman–Crippen MR) is 120 cm³/mol. The predicted octanol–water partition coefficient (Wildman–Crippen LogP) is 3.07. The number of fused-ring (bicyclic) bond motifs is 1. The van der Waals surface area contributed by atoms with Crippen molar-refractivity contribution >= 4 is 17.6 Å². The van der Waals surface area contributed by atoms with Gasteiger partial charge in [0.15, 0.2) is 11.5 Å². The molecule has 2 aromatic rings. The lowest BCUT2D eigenvalue weighted by atomic mass is 9.89. The summed E-state index contributed by atoms with van der Waals surface area (Å²) in [6.07, 6.45) is 5.01. The van der Waals surface area contributed by atoms with Gasteiger partial charge in [-0.2, -0.15) is 0 Å². The Morgan fingerprint density at radius 2 is 1.81 bits per heavy atom. The van der Waals surface area contributed by atoms with Crippen LogP contribution in [0.25, 0.3) is 0 Å². The first kappa shape index (κ1) is 21.9. The fourth-order valence-electron chi connectivity index (χ4n) is 4.23. The van der Waals surface area contributed by atoms with Gasteiger partial charge in [-0.15, -0.1) is 0 Å². The number of aliphatic imine (C=N–C) groups is 1. The fraction of sp³-hybridized carbons (Fsp3) is 0.400. The molecule has 1 amide bonds. The van der Waals surface area contributed by atoms with Crippen molar-refractivity contribution < 1.29 is 23.8 Å². The fourth-order valence-corrected chi connectivity index (χ4v) is 4.23. The van der Waals surface area contributed by atoms with Gasteiger partial charge < -0.3 is 19.5 Å². The van der Waals surface area contributed by atoms with Crippen LogP contribution in [0.15, 0.2) is 47.5 Å². The maximum Gasteiger partial charge on any atom is 0.325 e. The largest absolute Gasteiger partial charge is 0.493 e. The molecule has 1 heterocycles. The number of nitrogens with zero attached hydrogens (tertiary/aromatic N) is 1. The Kier molecular flexibility index (Phi) is 6.73. The number of ether oxygens (including phenoxy) is 3. The standard InChI is InChI=1S/C25H28N2O5/c1-30-21-14-19-17(13-22(21)32-18-10-6-7-11-18)12-20(25(29)26-15-23(28)31-2)27-24(19)16-8-4-3-5-9-16/h3-5,8-9,13-14,18,20H,6-7,10-12,15H2,1-2H3,(H,26,29). The third-order valence-electron chi connectivity index (χ3n) is 5.92. The van der Waals surface area contributed by atoms with Crippen LogP contribution in [-0.2, 0) is 20.7 Å². The zero-order valence-electron chi connectivity index (χ0n) is 18.4. The molecular weight excluding hydrogens is 408 g/mol. The number of esters is 1. The van der Waals surface area contributed by atoms with Gasteiger partial charge in [0, 0.05) is 17.5 Å². The SMILES string of the molecule is COC(=O)CNC(=O)C1Cc2cc(OC3CCCC3)c(OC)cc2C(c2ccccc2)=N1. The van der Waals surface area contributed by atoms with Gasteiger partial charge in [-0.3, -0.25) is 14.6 Å². The molecule has 1 N–H and O–H groups in total. The van der Waals surface area contributed by atoms with Crippen LogP contribution in [0.2, 0.25) is 0 Å². The molecule has 0 saturated heterocycles. The molecule has 7 heteroatoms. The summed E-state index contributed by atoms with van der Waals surface area (Å²) in [5.41, 5.74) is 3.51. The zero-order valence-corrected chi connectivity index (χ0v) is 18.4. The average molecular weight is 437 g/mol. The Morgan fingerprint density at radius 1 is 1.06 bits per heavy atom. The molecule has 1 fully saturated rings. The zero-order chi connectivity index (χ0) is 22.5. The van der Waals surface area contributed by atoms with Crippen LogP contribution >= 0.6 is 0 Å². The van der Waals surface area contributed by atoms with E-state index in [0.717, 1.165) is 35.2 Å². The molecule has 2 aromatic carbocycles. The van der Waals surface area contributed by atoms with Crippen LogP contribution in [0.3, 0.4) is 0 Å². The van der Waals surface area contributed by atoms with E-state index in [1.807, 2.05) is 42.5 Å². The first-order valence-electron chi connectivity index (χ1n) is 10.9. The number of rotatable bonds is 7. The molecule has 1 aliphatic carbocycles. The van der Waals surface area contributed by atoms with Crippen LogP contribution in [0.5, 0.6) is 11.5 Å². The molecule has 1 unspecified atom stereocenters. The minimum absolute atomic E-state index is 0.187. The highest BCUT2D eigenvalue weighted by atomic mass is 16.5. The van der Waals surface area contributed by atoms with E-state index in [-0.39, 0.29) is 18.6 Å². The van der Waals surface area contributed by atoms with Crippen LogP contribution in [0.4, 0.5) is 0 Å². The van der Waals surface area contributed by atoms with Gasteiger partial charge >= 0.3 is 5.97 Å². The number of benzene rings is 2. The van der Waals surface area contributed by atoms with Crippen molar-refractivity contribution in [1.29, 1.82) is 0 Å². The Labute approximate surface area is 187 Å². The number of hydrogen-bond donors (Lipinski definition) is 1. The lowest BCUT2D eigenvalue weighted by Gasteiger charge is -2.25. The molecule has 0 spiro atoms. The maximum absolute atomic E-state index is 12.8. The van der Waals surface area contributed by atoms with Crippen LogP contribution in [0, 0.1) is 0 Å². The van der Waals surface area contributed by atoms with Crippen molar-refractivity contribution in [3.8, 4) is 11.5 Å². The normalized spacial score (nSPS) is 17.8. The molecule has 168 valence electrons. The van der Waals surface area contributed by atoms with Crippen LogP contribution in [-0.4, -0.2) is 50.5 Å². The van der Waals surface area contributed by atoms with E-state index in [2.05, 4.69) is 10.1 Å². The summed E-state index contributed by atoms with van der Waals surface area (Å²) in [5, 5.41) is 2.63. The minimum atomic E-state index is -0.657. The van der Waals surface area contributed by atoms with Gasteiger partial charge in [0.25, 0.3) is 0 Å². The van der Waals surface area contributed by atoms with Crippen molar-refractivity contribution in [2.45, 2.75) is 44.2 Å². The summed E-state index contributed by atoms with van der Waals surface area (Å²) in [6.45, 7) is -0.187. The van der Waals surface area contributed by atoms with E-state index in [4.69, 9.17) is 14.5 Å². The van der Waals surface area contributed by atoms with Gasteiger partial charge in [-0.1, -0.05) is 30.3 Å². The number of amides is 1. The molecular formula is C25H28N2O5. The first-order valence-corrected chi connectivity index (χ1v) is 10.9. The van der Waals surface area contributed by atoms with E-state index in [9.17, 15) is 9.59 Å². The molecule has 1 atom stereocenters. The number of nitrogens with one attached hydrogen (secondary N) is 1. The monoisotopic (exact) mass is 436 g/mol.